The van der Waals surface area contributed by atoms with E-state index in [2.05, 4.69) is 43.3 Å². The fourth-order valence-corrected chi connectivity index (χ4v) is 5.48. The van der Waals surface area contributed by atoms with Crippen molar-refractivity contribution in [2.24, 2.45) is 5.92 Å². The van der Waals surface area contributed by atoms with Gasteiger partial charge in [0.1, 0.15) is 0 Å². The number of ketones is 1. The molecule has 0 aromatic heterocycles. The van der Waals surface area contributed by atoms with Crippen LogP contribution in [0.5, 0.6) is 0 Å². The molecule has 170 valence electrons. The van der Waals surface area contributed by atoms with Crippen LogP contribution in [0.2, 0.25) is 0 Å². The minimum absolute atomic E-state index is 0.0161. The number of ether oxygens (including phenoxy) is 3. The Morgan fingerprint density at radius 1 is 1.26 bits per heavy atom. The van der Waals surface area contributed by atoms with E-state index in [-0.39, 0.29) is 40.9 Å². The largest absolute Gasteiger partial charge is 0.392 e. The van der Waals surface area contributed by atoms with Gasteiger partial charge in [0, 0.05) is 12.3 Å². The maximum atomic E-state index is 12.2. The van der Waals surface area contributed by atoms with Gasteiger partial charge in [0.25, 0.3) is 0 Å². The van der Waals surface area contributed by atoms with Crippen molar-refractivity contribution in [2.75, 3.05) is 6.61 Å². The van der Waals surface area contributed by atoms with Crippen molar-refractivity contribution in [3.8, 4) is 0 Å². The summed E-state index contributed by atoms with van der Waals surface area (Å²) in [5.74, 6) is -1.08. The second kappa shape index (κ2) is 8.38. The second-order valence-corrected chi connectivity index (χ2v) is 10.9. The van der Waals surface area contributed by atoms with Crippen molar-refractivity contribution in [1.82, 2.24) is 0 Å². The molecule has 6 atom stereocenters. The molecule has 3 aliphatic heterocycles. The Kier molecular flexibility index (Phi) is 6.25. The Morgan fingerprint density at radius 3 is 2.61 bits per heavy atom. The molecule has 3 heterocycles. The van der Waals surface area contributed by atoms with Gasteiger partial charge in [0.15, 0.2) is 5.78 Å². The fourth-order valence-electron chi connectivity index (χ4n) is 4.95. The van der Waals surface area contributed by atoms with Gasteiger partial charge in [0.05, 0.1) is 35.3 Å². The van der Waals surface area contributed by atoms with Gasteiger partial charge in [-0.2, -0.15) is 0 Å². The molecule has 1 fully saturated rings. The molecule has 0 aromatic carbocycles. The third kappa shape index (κ3) is 4.69. The predicted octanol–water partition coefficient (Wildman–Crippen LogP) is 4.55. The summed E-state index contributed by atoms with van der Waals surface area (Å²) in [7, 11) is 0. The Morgan fingerprint density at radius 2 is 1.97 bits per heavy atom. The van der Waals surface area contributed by atoms with Crippen molar-refractivity contribution in [1.29, 1.82) is 0 Å². The van der Waals surface area contributed by atoms with Crippen LogP contribution in [0, 0.1) is 5.92 Å². The van der Waals surface area contributed by atoms with Crippen LogP contribution in [0.1, 0.15) is 53.4 Å². The lowest BCUT2D eigenvalue weighted by atomic mass is 9.79. The van der Waals surface area contributed by atoms with E-state index in [0.717, 1.165) is 30.4 Å². The van der Waals surface area contributed by atoms with E-state index in [9.17, 15) is 9.90 Å². The van der Waals surface area contributed by atoms with Gasteiger partial charge in [-0.3, -0.25) is 4.79 Å². The van der Waals surface area contributed by atoms with Gasteiger partial charge in [-0.25, -0.2) is 0 Å². The highest BCUT2D eigenvalue weighted by molar-refractivity contribution is 9.09. The van der Waals surface area contributed by atoms with Gasteiger partial charge >= 0.3 is 0 Å². The lowest BCUT2D eigenvalue weighted by molar-refractivity contribution is -0.231. The molecule has 0 radical (unpaired) electrons. The molecule has 0 saturated carbocycles. The van der Waals surface area contributed by atoms with Crippen LogP contribution in [0.25, 0.3) is 0 Å². The number of halogens is 1. The lowest BCUT2D eigenvalue weighted by Gasteiger charge is -2.46. The van der Waals surface area contributed by atoms with Crippen LogP contribution in [-0.2, 0) is 19.0 Å². The number of allylic oxidation sites excluding steroid dienone is 1. The van der Waals surface area contributed by atoms with Crippen LogP contribution in [0.15, 0.2) is 47.1 Å². The minimum Gasteiger partial charge on any atom is -0.392 e. The van der Waals surface area contributed by atoms with E-state index < -0.39 is 5.79 Å². The third-order valence-corrected chi connectivity index (χ3v) is 8.17. The summed E-state index contributed by atoms with van der Waals surface area (Å²) in [5.41, 5.74) is 3.74. The quantitative estimate of drug-likeness (QED) is 0.334. The SMILES string of the molecule is C=C(CCC1OC1(C)C)[C@H](Br)[C@@H]1CC(C)=C[C@]2(C=C(CO)[C@H]3CC(=O)C(C)=C[C@H]3O2)O1. The van der Waals surface area contributed by atoms with E-state index in [1.807, 2.05) is 25.2 Å². The van der Waals surface area contributed by atoms with Crippen molar-refractivity contribution >= 4 is 21.7 Å². The first kappa shape index (κ1) is 23.1. The number of epoxide rings is 1. The Bertz CT molecular complexity index is 869. The topological polar surface area (TPSA) is 68.3 Å². The number of aliphatic hydroxyl groups excluding tert-OH is 1. The van der Waals surface area contributed by atoms with Gasteiger partial charge in [-0.05, 0) is 76.3 Å². The van der Waals surface area contributed by atoms with Crippen LogP contribution >= 0.6 is 15.9 Å². The van der Waals surface area contributed by atoms with E-state index in [1.54, 1.807) is 0 Å². The molecule has 1 spiro atoms. The number of aliphatic hydroxyl groups is 1. The second-order valence-electron chi connectivity index (χ2n) is 9.92. The molecule has 1 aliphatic carbocycles. The molecule has 0 aromatic rings. The van der Waals surface area contributed by atoms with E-state index in [4.69, 9.17) is 14.2 Å². The third-order valence-electron chi connectivity index (χ3n) is 6.94. The Hall–Kier alpha value is -1.05. The molecule has 1 saturated heterocycles. The zero-order valence-electron chi connectivity index (χ0n) is 18.8. The molecular weight excluding hydrogens is 460 g/mol. The van der Waals surface area contributed by atoms with Crippen LogP contribution in [0.3, 0.4) is 0 Å². The fraction of sp³-hybridized carbons (Fsp3) is 0.640. The van der Waals surface area contributed by atoms with Gasteiger partial charge in [0.2, 0.25) is 5.79 Å². The highest BCUT2D eigenvalue weighted by Crippen LogP contribution is 2.44. The predicted molar refractivity (Wildman–Crippen MR) is 123 cm³/mol. The summed E-state index contributed by atoms with van der Waals surface area (Å²) in [6.45, 7) is 12.3. The maximum absolute atomic E-state index is 12.2. The summed E-state index contributed by atoms with van der Waals surface area (Å²) in [6, 6.07) is 0. The average Bonchev–Trinajstić information content (AvgIpc) is 3.32. The first-order chi connectivity index (χ1) is 14.5. The smallest absolute Gasteiger partial charge is 0.209 e. The number of hydrogen-bond donors (Lipinski definition) is 1. The summed E-state index contributed by atoms with van der Waals surface area (Å²) in [5, 5.41) is 10.0. The van der Waals surface area contributed by atoms with Crippen LogP contribution in [0.4, 0.5) is 0 Å². The van der Waals surface area contributed by atoms with E-state index in [0.29, 0.717) is 18.1 Å². The maximum Gasteiger partial charge on any atom is 0.209 e. The summed E-state index contributed by atoms with van der Waals surface area (Å²) in [6.07, 6.45) is 8.55. The molecule has 1 N–H and O–H groups in total. The molecule has 1 unspecified atom stereocenters. The summed E-state index contributed by atoms with van der Waals surface area (Å²) in [4.78, 5) is 12.2. The molecule has 4 aliphatic rings. The summed E-state index contributed by atoms with van der Waals surface area (Å²) < 4.78 is 18.7. The van der Waals surface area contributed by atoms with Crippen molar-refractivity contribution in [2.45, 2.75) is 87.9 Å². The van der Waals surface area contributed by atoms with Crippen LogP contribution < -0.4 is 0 Å². The zero-order valence-corrected chi connectivity index (χ0v) is 20.4. The van der Waals surface area contributed by atoms with Crippen LogP contribution in [-0.4, -0.2) is 52.0 Å². The monoisotopic (exact) mass is 492 g/mol. The molecular formula is C25H33BrO5. The minimum atomic E-state index is -1.04. The number of fused-ring (bicyclic) bond motifs is 1. The standard InChI is InChI=1S/C25H33BrO5/c1-14-8-21(23(26)15(2)6-7-22-24(4,5)31-22)30-25(11-14)12-17(13-27)18-10-19(28)16(3)9-20(18)29-25/h9,11-12,18,20-23,27H,2,6-8,10,13H2,1,3-5H3/t18-,20-,21+,22?,23+,25-/m1/s1. The van der Waals surface area contributed by atoms with Gasteiger partial charge < -0.3 is 19.3 Å². The van der Waals surface area contributed by atoms with Crippen molar-refractivity contribution in [3.63, 3.8) is 0 Å². The van der Waals surface area contributed by atoms with E-state index >= 15 is 0 Å². The zero-order chi connectivity index (χ0) is 22.6. The average molecular weight is 493 g/mol. The highest BCUT2D eigenvalue weighted by Gasteiger charge is 2.48. The molecule has 5 nitrogen and oxygen atoms in total. The first-order valence-corrected chi connectivity index (χ1v) is 12.0. The molecule has 6 heteroatoms. The highest BCUT2D eigenvalue weighted by atomic mass is 79.9. The lowest BCUT2D eigenvalue weighted by Crippen LogP contribution is -2.50. The van der Waals surface area contributed by atoms with Gasteiger partial charge in [-0.15, -0.1) is 0 Å². The van der Waals surface area contributed by atoms with Gasteiger partial charge in [-0.1, -0.05) is 33.7 Å². The number of carbonyl (C=O) groups excluding carboxylic acids is 1. The first-order valence-electron chi connectivity index (χ1n) is 11.1. The number of rotatable bonds is 6. The number of alkyl halides is 1. The molecule has 4 rings (SSSR count). The number of carbonyl (C=O) groups is 1. The molecule has 31 heavy (non-hydrogen) atoms. The number of Topliss-reactive ketones (excluding diaryl/α,β-unsaturated/α-hetero) is 1. The van der Waals surface area contributed by atoms with E-state index in [1.165, 1.54) is 5.57 Å². The van der Waals surface area contributed by atoms with Crippen molar-refractivity contribution in [3.05, 3.63) is 47.1 Å². The number of hydrogen-bond acceptors (Lipinski definition) is 5. The Labute approximate surface area is 193 Å². The Balaban J connectivity index is 1.51. The summed E-state index contributed by atoms with van der Waals surface area (Å²) >= 11 is 3.83. The molecule has 0 bridgehead atoms. The van der Waals surface area contributed by atoms with Crippen molar-refractivity contribution < 1.29 is 24.1 Å². The normalized spacial score (nSPS) is 37.5. The molecule has 0 amide bonds.